The molecule has 416 valence electrons. The fourth-order valence-corrected chi connectivity index (χ4v) is 6.23. The largest absolute Gasteiger partial charge is 0.501 e. The summed E-state index contributed by atoms with van der Waals surface area (Å²) in [7, 11) is 5.67. The zero-order chi connectivity index (χ0) is 66.5. The van der Waals surface area contributed by atoms with E-state index in [-0.39, 0.29) is 66.8 Å². The minimum atomic E-state index is -2.69. The maximum Gasteiger partial charge on any atom is 0.312 e. The highest BCUT2D eigenvalue weighted by Gasteiger charge is 2.19. The van der Waals surface area contributed by atoms with E-state index in [0.29, 0.717) is 39.7 Å². The van der Waals surface area contributed by atoms with Crippen molar-refractivity contribution in [3.05, 3.63) is 178 Å². The van der Waals surface area contributed by atoms with Gasteiger partial charge in [-0.3, -0.25) is 29.8 Å². The highest BCUT2D eigenvalue weighted by molar-refractivity contribution is 6.30. The van der Waals surface area contributed by atoms with Gasteiger partial charge in [-0.05, 0) is 54.6 Å². The molecule has 0 radical (unpaired) electrons. The first-order valence-electron chi connectivity index (χ1n) is 24.7. The third kappa shape index (κ3) is 18.6. The number of halogens is 2. The topological polar surface area (TPSA) is 460 Å². The summed E-state index contributed by atoms with van der Waals surface area (Å²) in [5, 5.41) is 102. The summed E-state index contributed by atoms with van der Waals surface area (Å²) in [5.41, 5.74) is 12.4. The van der Waals surface area contributed by atoms with Crippen LogP contribution in [0.1, 0.15) is 62.6 Å². The van der Waals surface area contributed by atoms with Crippen LogP contribution in [0.4, 0.5) is 34.1 Å². The van der Waals surface area contributed by atoms with Crippen LogP contribution in [0, 0.1) is 88.2 Å². The molecule has 82 heavy (non-hydrogen) atoms. The molecule has 0 fully saturated rings. The van der Waals surface area contributed by atoms with E-state index in [1.54, 1.807) is 72.1 Å². The first-order chi connectivity index (χ1) is 41.5. The Kier molecular flexibility index (Phi) is 23.2. The predicted molar refractivity (Wildman–Crippen MR) is 295 cm³/mol. The molecule has 0 aliphatic carbocycles. The number of nitrogens with one attached hydrogen (secondary N) is 3. The molecule has 0 atom stereocenters. The van der Waals surface area contributed by atoms with Gasteiger partial charge in [0, 0.05) is 40.4 Å². The fourth-order valence-electron chi connectivity index (χ4n) is 5.94. The van der Waals surface area contributed by atoms with Crippen LogP contribution in [0.15, 0.2) is 103 Å². The van der Waals surface area contributed by atoms with E-state index in [9.17, 15) is 29.8 Å². The first kappa shape index (κ1) is 56.1. The monoisotopic (exact) mass is 1160 g/mol. The van der Waals surface area contributed by atoms with E-state index < -0.39 is 47.0 Å². The van der Waals surface area contributed by atoms with E-state index in [2.05, 4.69) is 25.7 Å². The van der Waals surface area contributed by atoms with Gasteiger partial charge in [0.15, 0.2) is 38.9 Å². The van der Waals surface area contributed by atoms with Crippen molar-refractivity contribution in [2.45, 2.75) is 0 Å². The smallest absolute Gasteiger partial charge is 0.312 e. The van der Waals surface area contributed by atoms with Crippen LogP contribution in [0.25, 0.3) is 0 Å². The van der Waals surface area contributed by atoms with Crippen LogP contribution in [0.3, 0.4) is 0 Å². The number of aromatic hydroxyl groups is 1. The molecule has 0 bridgehead atoms. The molecular weight excluding hydrogens is 1110 g/mol. The minimum Gasteiger partial charge on any atom is -0.501 e. The van der Waals surface area contributed by atoms with Gasteiger partial charge in [0.05, 0.1) is 83.3 Å². The van der Waals surface area contributed by atoms with Crippen LogP contribution in [0.2, 0.25) is 10.3 Å². The number of hydrogen-bond donors (Lipinski definition) is 6. The zero-order valence-corrected chi connectivity index (χ0v) is 44.1. The molecule has 0 saturated heterocycles. The van der Waals surface area contributed by atoms with Crippen molar-refractivity contribution in [3.8, 4) is 65.2 Å². The number of benzene rings is 5. The molecule has 2 heterocycles. The SMILES string of the molecule is COc1c(C#N)cccc1[N+](=O)[O-].COc1c(N)cccc1C#N.COc1c(N)cccc1C#N.N#Cc1cccc([N+](=O)[O-])c1O.[2H]C([2H])([2H])NC(=O)c1nnc(Cl)cc1C#N.[2H]C([2H])([2H])NC(=O)c1nnc(Cl)cc1Nc1cccc(C#N)c1OC. The average Bonchev–Trinajstić information content (AvgIpc) is 3.54. The Labute approximate surface area is 484 Å². The molecular formula is C52H43Cl2N17O11. The normalized spacial score (nSPS) is 10.5. The Hall–Kier alpha value is -12.1. The van der Waals surface area contributed by atoms with Crippen molar-refractivity contribution in [2.75, 3.05) is 59.2 Å². The van der Waals surface area contributed by atoms with Crippen LogP contribution in [-0.4, -0.2) is 89.6 Å². The second-order valence-electron chi connectivity index (χ2n) is 14.4. The lowest BCUT2D eigenvalue weighted by molar-refractivity contribution is -0.386. The summed E-state index contributed by atoms with van der Waals surface area (Å²) in [6.45, 7) is -5.33. The lowest BCUT2D eigenvalue weighted by Crippen LogP contribution is -2.21. The van der Waals surface area contributed by atoms with Crippen molar-refractivity contribution in [2.24, 2.45) is 0 Å². The Morgan fingerprint density at radius 3 is 1.34 bits per heavy atom. The second kappa shape index (κ2) is 33.8. The van der Waals surface area contributed by atoms with Gasteiger partial charge >= 0.3 is 11.4 Å². The van der Waals surface area contributed by atoms with Gasteiger partial charge in [0.25, 0.3) is 11.8 Å². The van der Waals surface area contributed by atoms with Gasteiger partial charge in [-0.15, -0.1) is 20.4 Å². The first-order valence-corrected chi connectivity index (χ1v) is 22.5. The molecule has 0 unspecified atom stereocenters. The number of nitrogens with zero attached hydrogens (tertiary/aromatic N) is 12. The van der Waals surface area contributed by atoms with Gasteiger partial charge in [0.1, 0.15) is 47.5 Å². The van der Waals surface area contributed by atoms with E-state index in [1.165, 1.54) is 64.8 Å². The van der Waals surface area contributed by atoms with Crippen LogP contribution >= 0.6 is 23.2 Å². The highest BCUT2D eigenvalue weighted by Crippen LogP contribution is 2.33. The van der Waals surface area contributed by atoms with Crippen LogP contribution in [0.5, 0.6) is 28.7 Å². The number of methoxy groups -OCH3 is 4. The number of nitro groups is 2. The Balaban J connectivity index is 0.000000371. The van der Waals surface area contributed by atoms with Crippen LogP contribution in [-0.2, 0) is 0 Å². The van der Waals surface area contributed by atoms with Crippen molar-refractivity contribution in [3.63, 3.8) is 0 Å². The summed E-state index contributed by atoms with van der Waals surface area (Å²) >= 11 is 11.3. The number of carbonyl (C=O) groups excluding carboxylic acids is 2. The zero-order valence-electron chi connectivity index (χ0n) is 48.6. The minimum absolute atomic E-state index is 0.00926. The maximum absolute atomic E-state index is 12.1. The summed E-state index contributed by atoms with van der Waals surface area (Å²) in [6.07, 6.45) is 0. The van der Waals surface area contributed by atoms with Crippen LogP contribution < -0.4 is 46.4 Å². The quantitative estimate of drug-likeness (QED) is 0.0440. The van der Waals surface area contributed by atoms with Crippen molar-refractivity contribution in [1.29, 1.82) is 31.6 Å². The number of ether oxygens (including phenoxy) is 4. The Bertz CT molecular complexity index is 3890. The lowest BCUT2D eigenvalue weighted by atomic mass is 10.1. The number of aromatic nitrogens is 4. The summed E-state index contributed by atoms with van der Waals surface area (Å²) in [4.78, 5) is 42.9. The number of nitro benzene ring substituents is 2. The third-order valence-corrected chi connectivity index (χ3v) is 9.87. The van der Waals surface area contributed by atoms with E-state index >= 15 is 0 Å². The van der Waals surface area contributed by atoms with Crippen molar-refractivity contribution in [1.82, 2.24) is 31.0 Å². The molecule has 28 nitrogen and oxygen atoms in total. The second-order valence-corrected chi connectivity index (χ2v) is 15.1. The lowest BCUT2D eigenvalue weighted by Gasteiger charge is -2.14. The molecule has 5 aromatic carbocycles. The van der Waals surface area contributed by atoms with Gasteiger partial charge in [-0.2, -0.15) is 31.6 Å². The molecule has 30 heteroatoms. The van der Waals surface area contributed by atoms with Gasteiger partial charge in [-0.25, -0.2) is 0 Å². The summed E-state index contributed by atoms with van der Waals surface area (Å²) in [6, 6.07) is 36.4. The standard InChI is InChI=1S/C14H12ClN5O2.C8H6N2O3.2C8H8N2O.C7H5ClN4O.C7H4N2O3/c1-17-14(21)12-10(6-11(15)19-20-12)18-9-5-3-4-8(7-16)13(9)22-2;1-13-8-6(5-9)3-2-4-7(8)10(11)12;2*1-11-8-6(5-9)3-2-4-7(8)10;1-10-7(13)6-4(3-9)2-5(8)11-12-6;8-4-5-2-1-3-6(7(5)10)9(11)12/h3-6H,1-2H3,(H,17,21)(H,18,19);2-4H,1H3;2*2-4H,10H2,1H3;2H,1H3,(H,10,13);1-3,10H/i1D3;;;;1D3;. The molecule has 0 aliphatic rings. The van der Waals surface area contributed by atoms with Crippen molar-refractivity contribution < 1.29 is 51.7 Å². The summed E-state index contributed by atoms with van der Waals surface area (Å²) < 4.78 is 61.6. The molecule has 7 rings (SSSR count). The number of phenolic OH excluding ortho intramolecular Hbond substituents is 1. The third-order valence-electron chi connectivity index (χ3n) is 9.50. The highest BCUT2D eigenvalue weighted by atomic mass is 35.5. The number of nitrogen functional groups attached to an aromatic ring is 2. The molecule has 0 spiro atoms. The Morgan fingerprint density at radius 1 is 0.537 bits per heavy atom. The molecule has 2 aromatic heterocycles. The predicted octanol–water partition coefficient (Wildman–Crippen LogP) is 7.42. The number of anilines is 4. The number of hydrogen-bond acceptors (Lipinski definition) is 24. The number of phenols is 1. The number of nitrogens with two attached hydrogens (primary N) is 2. The van der Waals surface area contributed by atoms with E-state index in [0.717, 1.165) is 12.1 Å². The summed E-state index contributed by atoms with van der Waals surface area (Å²) in [5.74, 6) is -1.37. The fraction of sp³-hybridized carbons (Fsp3) is 0.115. The van der Waals surface area contributed by atoms with E-state index in [1.807, 2.05) is 29.6 Å². The van der Waals surface area contributed by atoms with E-state index in [4.69, 9.17) is 98.5 Å². The number of amides is 2. The van der Waals surface area contributed by atoms with Gasteiger partial charge in [0.2, 0.25) is 11.5 Å². The average molecular weight is 1160 g/mol. The molecule has 7 aromatic rings. The Morgan fingerprint density at radius 2 is 0.915 bits per heavy atom. The van der Waals surface area contributed by atoms with Gasteiger partial charge < -0.3 is 51.5 Å². The number of para-hydroxylation sites is 5. The number of nitriles is 6. The molecule has 0 saturated carbocycles. The van der Waals surface area contributed by atoms with Crippen molar-refractivity contribution >= 4 is 69.1 Å². The molecule has 2 amide bonds. The molecule has 0 aliphatic heterocycles. The number of rotatable bonds is 10. The maximum atomic E-state index is 12.1. The number of carbonyl (C=O) groups is 2. The molecule has 8 N–H and O–H groups in total. The van der Waals surface area contributed by atoms with Gasteiger partial charge in [-0.1, -0.05) is 53.5 Å².